The molecule has 0 saturated carbocycles. The summed E-state index contributed by atoms with van der Waals surface area (Å²) in [5.41, 5.74) is 1.53. The first-order valence-electron chi connectivity index (χ1n) is 7.97. The molecule has 24 heavy (non-hydrogen) atoms. The zero-order valence-electron chi connectivity index (χ0n) is 13.4. The van der Waals surface area contributed by atoms with E-state index in [1.54, 1.807) is 18.2 Å². The van der Waals surface area contributed by atoms with Gasteiger partial charge in [0.1, 0.15) is 17.9 Å². The van der Waals surface area contributed by atoms with Crippen LogP contribution in [-0.4, -0.2) is 24.8 Å². The topological polar surface area (TPSA) is 65.3 Å². The molecule has 0 unspecified atom stereocenters. The second-order valence-corrected chi connectivity index (χ2v) is 5.82. The van der Waals surface area contributed by atoms with Gasteiger partial charge in [-0.15, -0.1) is 0 Å². The van der Waals surface area contributed by atoms with Crippen molar-refractivity contribution in [1.29, 1.82) is 5.26 Å². The molecule has 0 fully saturated rings. The smallest absolute Gasteiger partial charge is 0.139 e. The number of hydrogen-bond acceptors (Lipinski definition) is 4. The molecule has 126 valence electrons. The third-order valence-corrected chi connectivity index (χ3v) is 3.85. The minimum atomic E-state index is -0.160. The highest BCUT2D eigenvalue weighted by atomic mass is 35.5. The van der Waals surface area contributed by atoms with Crippen molar-refractivity contribution in [3.63, 3.8) is 0 Å². The SMILES string of the molecule is N#Cc1ccc(Cl)cc1O[C@H](CCCNCCO)c1ccccc1. The maximum absolute atomic E-state index is 9.26. The number of benzene rings is 2. The summed E-state index contributed by atoms with van der Waals surface area (Å²) in [7, 11) is 0. The first-order valence-corrected chi connectivity index (χ1v) is 8.35. The Morgan fingerprint density at radius 2 is 1.96 bits per heavy atom. The molecule has 2 N–H and O–H groups in total. The summed E-state index contributed by atoms with van der Waals surface area (Å²) in [6.45, 7) is 1.52. The summed E-state index contributed by atoms with van der Waals surface area (Å²) in [6.07, 6.45) is 1.52. The van der Waals surface area contributed by atoms with E-state index in [9.17, 15) is 5.26 Å². The molecule has 2 aromatic carbocycles. The van der Waals surface area contributed by atoms with Gasteiger partial charge in [-0.1, -0.05) is 41.9 Å². The molecule has 0 saturated heterocycles. The summed E-state index contributed by atoms with van der Waals surface area (Å²) >= 11 is 6.04. The van der Waals surface area contributed by atoms with Crippen molar-refractivity contribution in [1.82, 2.24) is 5.32 Å². The van der Waals surface area contributed by atoms with Gasteiger partial charge in [-0.3, -0.25) is 0 Å². The highest BCUT2D eigenvalue weighted by Crippen LogP contribution is 2.30. The number of ether oxygens (including phenoxy) is 1. The molecule has 0 heterocycles. The highest BCUT2D eigenvalue weighted by molar-refractivity contribution is 6.30. The van der Waals surface area contributed by atoms with Gasteiger partial charge in [-0.25, -0.2) is 0 Å². The largest absolute Gasteiger partial charge is 0.484 e. The summed E-state index contributed by atoms with van der Waals surface area (Å²) in [5, 5.41) is 21.8. The van der Waals surface area contributed by atoms with Crippen LogP contribution in [0, 0.1) is 11.3 Å². The summed E-state index contributed by atoms with van der Waals surface area (Å²) in [5.74, 6) is 0.502. The van der Waals surface area contributed by atoms with E-state index in [0.29, 0.717) is 22.9 Å². The van der Waals surface area contributed by atoms with E-state index < -0.39 is 0 Å². The van der Waals surface area contributed by atoms with E-state index in [4.69, 9.17) is 21.4 Å². The second kappa shape index (κ2) is 9.94. The zero-order chi connectivity index (χ0) is 17.2. The molecular weight excluding hydrogens is 324 g/mol. The molecule has 0 aliphatic rings. The Labute approximate surface area is 147 Å². The van der Waals surface area contributed by atoms with Gasteiger partial charge in [-0.05, 0) is 37.1 Å². The fourth-order valence-electron chi connectivity index (χ4n) is 2.42. The van der Waals surface area contributed by atoms with Gasteiger partial charge < -0.3 is 15.2 Å². The van der Waals surface area contributed by atoms with Crippen LogP contribution < -0.4 is 10.1 Å². The van der Waals surface area contributed by atoms with E-state index in [-0.39, 0.29) is 12.7 Å². The maximum Gasteiger partial charge on any atom is 0.139 e. The van der Waals surface area contributed by atoms with Crippen LogP contribution in [0.5, 0.6) is 5.75 Å². The lowest BCUT2D eigenvalue weighted by Gasteiger charge is -2.20. The van der Waals surface area contributed by atoms with Gasteiger partial charge in [0.15, 0.2) is 0 Å². The Kier molecular flexibility index (Phi) is 7.57. The standard InChI is InChI=1S/C19H21ClN2O2/c20-17-9-8-16(14-21)19(13-17)24-18(7-4-10-22-11-12-23)15-5-2-1-3-6-15/h1-3,5-6,8-9,13,18,22-23H,4,7,10-12H2/t18-/m1/s1. The van der Waals surface area contributed by atoms with Crippen LogP contribution in [-0.2, 0) is 0 Å². The van der Waals surface area contributed by atoms with Crippen molar-refractivity contribution >= 4 is 11.6 Å². The van der Waals surface area contributed by atoms with Crippen molar-refractivity contribution in [2.75, 3.05) is 19.7 Å². The van der Waals surface area contributed by atoms with Gasteiger partial charge >= 0.3 is 0 Å². The fourth-order valence-corrected chi connectivity index (χ4v) is 2.58. The minimum absolute atomic E-state index is 0.132. The second-order valence-electron chi connectivity index (χ2n) is 5.39. The van der Waals surface area contributed by atoms with Gasteiger partial charge in [0.05, 0.1) is 12.2 Å². The van der Waals surface area contributed by atoms with Crippen LogP contribution in [0.25, 0.3) is 0 Å². The van der Waals surface area contributed by atoms with E-state index in [1.165, 1.54) is 0 Å². The molecule has 0 amide bonds. The predicted molar refractivity (Wildman–Crippen MR) is 95.2 cm³/mol. The summed E-state index contributed by atoms with van der Waals surface area (Å²) < 4.78 is 6.13. The number of aliphatic hydroxyl groups excluding tert-OH is 1. The lowest BCUT2D eigenvalue weighted by atomic mass is 10.0. The Balaban J connectivity index is 2.11. The molecule has 5 heteroatoms. The van der Waals surface area contributed by atoms with E-state index >= 15 is 0 Å². The number of hydrogen-bond donors (Lipinski definition) is 2. The third kappa shape index (κ3) is 5.54. The van der Waals surface area contributed by atoms with Crippen molar-refractivity contribution in [3.05, 3.63) is 64.7 Å². The highest BCUT2D eigenvalue weighted by Gasteiger charge is 2.15. The number of rotatable bonds is 9. The van der Waals surface area contributed by atoms with Crippen LogP contribution >= 0.6 is 11.6 Å². The number of halogens is 1. The molecule has 0 radical (unpaired) electrons. The Morgan fingerprint density at radius 3 is 2.67 bits per heavy atom. The fraction of sp³-hybridized carbons (Fsp3) is 0.316. The van der Waals surface area contributed by atoms with Gasteiger partial charge in [0, 0.05) is 17.6 Å². The Morgan fingerprint density at radius 1 is 1.17 bits per heavy atom. The molecule has 0 aliphatic heterocycles. The molecule has 0 aliphatic carbocycles. The molecule has 4 nitrogen and oxygen atoms in total. The maximum atomic E-state index is 9.26. The van der Waals surface area contributed by atoms with Crippen molar-refractivity contribution < 1.29 is 9.84 Å². The number of aliphatic hydroxyl groups is 1. The summed E-state index contributed by atoms with van der Waals surface area (Å²) in [6, 6.07) is 17.1. The molecule has 0 aromatic heterocycles. The van der Waals surface area contributed by atoms with Gasteiger partial charge in [0.25, 0.3) is 0 Å². The Bertz CT molecular complexity index is 671. The summed E-state index contributed by atoms with van der Waals surface area (Å²) in [4.78, 5) is 0. The van der Waals surface area contributed by atoms with Crippen molar-refractivity contribution in [2.45, 2.75) is 18.9 Å². The molecule has 1 atom stereocenters. The molecule has 0 bridgehead atoms. The zero-order valence-corrected chi connectivity index (χ0v) is 14.2. The quantitative estimate of drug-likeness (QED) is 0.681. The van der Waals surface area contributed by atoms with Gasteiger partial charge in [-0.2, -0.15) is 5.26 Å². The van der Waals surface area contributed by atoms with E-state index in [1.807, 2.05) is 30.3 Å². The average molecular weight is 345 g/mol. The van der Waals surface area contributed by atoms with Crippen LogP contribution in [0.4, 0.5) is 0 Å². The van der Waals surface area contributed by atoms with Crippen molar-refractivity contribution in [3.8, 4) is 11.8 Å². The lowest BCUT2D eigenvalue weighted by molar-refractivity contribution is 0.190. The molecule has 2 rings (SSSR count). The van der Waals surface area contributed by atoms with E-state index in [2.05, 4.69) is 11.4 Å². The Hall–Kier alpha value is -2.06. The lowest BCUT2D eigenvalue weighted by Crippen LogP contribution is -2.20. The van der Waals surface area contributed by atoms with E-state index in [0.717, 1.165) is 24.9 Å². The molecule has 2 aromatic rings. The van der Waals surface area contributed by atoms with Crippen LogP contribution in [0.15, 0.2) is 48.5 Å². The van der Waals surface area contributed by atoms with Gasteiger partial charge in [0.2, 0.25) is 0 Å². The number of nitrogens with zero attached hydrogens (tertiary/aromatic N) is 1. The number of nitrogens with one attached hydrogen (secondary N) is 1. The van der Waals surface area contributed by atoms with Crippen LogP contribution in [0.1, 0.15) is 30.1 Å². The monoisotopic (exact) mass is 344 g/mol. The third-order valence-electron chi connectivity index (χ3n) is 3.61. The first-order chi connectivity index (χ1) is 11.7. The van der Waals surface area contributed by atoms with Crippen LogP contribution in [0.3, 0.4) is 0 Å². The predicted octanol–water partition coefficient (Wildman–Crippen LogP) is 3.69. The average Bonchev–Trinajstić information content (AvgIpc) is 2.61. The van der Waals surface area contributed by atoms with Crippen LogP contribution in [0.2, 0.25) is 5.02 Å². The first kappa shape index (κ1) is 18.3. The molecule has 0 spiro atoms. The molecular formula is C19H21ClN2O2. The number of nitriles is 1. The normalized spacial score (nSPS) is 11.7. The minimum Gasteiger partial charge on any atom is -0.484 e. The van der Waals surface area contributed by atoms with Crippen molar-refractivity contribution in [2.24, 2.45) is 0 Å².